The maximum atomic E-state index is 13.6. The van der Waals surface area contributed by atoms with E-state index in [1.165, 1.54) is 12.1 Å². The summed E-state index contributed by atoms with van der Waals surface area (Å²) in [5.74, 6) is -0.217. The quantitative estimate of drug-likeness (QED) is 0.304. The Labute approximate surface area is 215 Å². The van der Waals surface area contributed by atoms with Crippen LogP contribution < -0.4 is 16.4 Å². The summed E-state index contributed by atoms with van der Waals surface area (Å²) >= 11 is 0. The number of hydrogen-bond acceptors (Lipinski definition) is 6. The summed E-state index contributed by atoms with van der Waals surface area (Å²) in [4.78, 5) is 22.3. The Kier molecular flexibility index (Phi) is 8.53. The van der Waals surface area contributed by atoms with Gasteiger partial charge in [-0.25, -0.2) is 9.37 Å². The molecular weight excluding hydrogens is 467 g/mol. The Morgan fingerprint density at radius 1 is 1.03 bits per heavy atom. The van der Waals surface area contributed by atoms with E-state index in [2.05, 4.69) is 21.7 Å². The minimum Gasteiger partial charge on any atom is -0.369 e. The highest BCUT2D eigenvalue weighted by molar-refractivity contribution is 5.99. The van der Waals surface area contributed by atoms with Crippen LogP contribution in [0.25, 0.3) is 11.3 Å². The predicted octanol–water partition coefficient (Wildman–Crippen LogP) is 4.24. The van der Waals surface area contributed by atoms with Gasteiger partial charge in [0.1, 0.15) is 11.6 Å². The molecule has 0 spiro atoms. The number of aromatic nitrogens is 2. The van der Waals surface area contributed by atoms with Gasteiger partial charge in [-0.05, 0) is 60.5 Å². The SMILES string of the molecule is N#Cc1ccccc1-c1ccc(C(=O)NCc2cccnc2CCN)c(NCCc2cccc(F)c2)n1. The fourth-order valence-electron chi connectivity index (χ4n) is 4.01. The largest absolute Gasteiger partial charge is 0.369 e. The molecule has 4 aromatic rings. The Balaban J connectivity index is 1.58. The molecule has 1 amide bonds. The Morgan fingerprint density at radius 2 is 1.89 bits per heavy atom. The second-order valence-corrected chi connectivity index (χ2v) is 8.39. The van der Waals surface area contributed by atoms with Gasteiger partial charge in [0.2, 0.25) is 0 Å². The zero-order valence-electron chi connectivity index (χ0n) is 20.2. The molecule has 0 aliphatic heterocycles. The number of carbonyl (C=O) groups excluding carboxylic acids is 1. The normalized spacial score (nSPS) is 10.5. The second kappa shape index (κ2) is 12.4. The Morgan fingerprint density at radius 3 is 2.70 bits per heavy atom. The minimum atomic E-state index is -0.302. The van der Waals surface area contributed by atoms with Crippen molar-refractivity contribution in [1.29, 1.82) is 5.26 Å². The third-order valence-electron chi connectivity index (χ3n) is 5.86. The molecule has 0 bridgehead atoms. The average molecular weight is 495 g/mol. The number of amides is 1. The standard InChI is InChI=1S/C29H27FN6O/c30-23-8-3-5-20(17-23)13-16-34-28-25(10-11-27(36-28)24-9-2-1-6-21(24)18-32)29(37)35-19-22-7-4-15-33-26(22)12-14-31/h1-11,15,17H,12-14,16,19,31H2,(H,34,36)(H,35,37). The van der Waals surface area contributed by atoms with E-state index in [4.69, 9.17) is 10.7 Å². The number of hydrogen-bond donors (Lipinski definition) is 3. The van der Waals surface area contributed by atoms with Gasteiger partial charge >= 0.3 is 0 Å². The fourth-order valence-corrected chi connectivity index (χ4v) is 4.01. The van der Waals surface area contributed by atoms with Crippen LogP contribution in [-0.4, -0.2) is 29.0 Å². The van der Waals surface area contributed by atoms with Crippen molar-refractivity contribution in [3.05, 3.63) is 113 Å². The molecule has 0 saturated carbocycles. The highest BCUT2D eigenvalue weighted by atomic mass is 19.1. The van der Waals surface area contributed by atoms with Crippen LogP contribution >= 0.6 is 0 Å². The first-order chi connectivity index (χ1) is 18.1. The van der Waals surface area contributed by atoms with Crippen molar-refractivity contribution in [2.45, 2.75) is 19.4 Å². The number of nitrogens with one attached hydrogen (secondary N) is 2. The van der Waals surface area contributed by atoms with Crippen LogP contribution in [-0.2, 0) is 19.4 Å². The van der Waals surface area contributed by atoms with Crippen LogP contribution in [0.3, 0.4) is 0 Å². The molecule has 0 saturated heterocycles. The number of nitriles is 1. The van der Waals surface area contributed by atoms with Gasteiger partial charge in [0, 0.05) is 37.0 Å². The molecule has 0 aliphatic rings. The topological polar surface area (TPSA) is 117 Å². The van der Waals surface area contributed by atoms with Crippen LogP contribution in [0.15, 0.2) is 79.0 Å². The maximum Gasteiger partial charge on any atom is 0.255 e. The Bertz CT molecular complexity index is 1430. The number of carbonyl (C=O) groups is 1. The lowest BCUT2D eigenvalue weighted by Crippen LogP contribution is -2.25. The number of nitrogens with two attached hydrogens (primary N) is 1. The molecule has 0 fully saturated rings. The molecule has 4 rings (SSSR count). The molecule has 7 nitrogen and oxygen atoms in total. The number of benzene rings is 2. The molecular formula is C29H27FN6O. The fraction of sp³-hybridized carbons (Fsp3) is 0.172. The lowest BCUT2D eigenvalue weighted by atomic mass is 10.0. The van der Waals surface area contributed by atoms with Crippen LogP contribution in [0.5, 0.6) is 0 Å². The first-order valence-corrected chi connectivity index (χ1v) is 12.0. The third kappa shape index (κ3) is 6.54. The molecule has 0 atom stereocenters. The van der Waals surface area contributed by atoms with Crippen molar-refractivity contribution in [1.82, 2.24) is 15.3 Å². The van der Waals surface area contributed by atoms with E-state index in [0.29, 0.717) is 60.7 Å². The molecule has 37 heavy (non-hydrogen) atoms. The summed E-state index contributed by atoms with van der Waals surface area (Å²) in [7, 11) is 0. The molecule has 4 N–H and O–H groups in total. The van der Waals surface area contributed by atoms with E-state index in [1.54, 1.807) is 36.5 Å². The molecule has 0 unspecified atom stereocenters. The first kappa shape index (κ1) is 25.5. The monoisotopic (exact) mass is 494 g/mol. The summed E-state index contributed by atoms with van der Waals surface area (Å²) < 4.78 is 13.6. The van der Waals surface area contributed by atoms with Gasteiger partial charge in [-0.2, -0.15) is 5.26 Å². The highest BCUT2D eigenvalue weighted by Crippen LogP contribution is 2.25. The molecule has 186 valence electrons. The number of nitrogens with zero attached hydrogens (tertiary/aromatic N) is 3. The van der Waals surface area contributed by atoms with Crippen molar-refractivity contribution in [3.63, 3.8) is 0 Å². The van der Waals surface area contributed by atoms with Gasteiger partial charge in [0.25, 0.3) is 5.91 Å². The number of anilines is 1. The molecule has 0 aliphatic carbocycles. The van der Waals surface area contributed by atoms with Crippen molar-refractivity contribution in [3.8, 4) is 17.3 Å². The Hall–Kier alpha value is -4.61. The summed E-state index contributed by atoms with van der Waals surface area (Å²) in [5, 5.41) is 15.7. The summed E-state index contributed by atoms with van der Waals surface area (Å²) in [6.45, 7) is 1.19. The van der Waals surface area contributed by atoms with Crippen molar-refractivity contribution < 1.29 is 9.18 Å². The van der Waals surface area contributed by atoms with E-state index < -0.39 is 0 Å². The van der Waals surface area contributed by atoms with E-state index >= 15 is 0 Å². The average Bonchev–Trinajstić information content (AvgIpc) is 2.92. The molecule has 2 aromatic carbocycles. The van der Waals surface area contributed by atoms with Crippen molar-refractivity contribution in [2.24, 2.45) is 5.73 Å². The van der Waals surface area contributed by atoms with E-state index in [9.17, 15) is 14.4 Å². The van der Waals surface area contributed by atoms with Gasteiger partial charge in [-0.1, -0.05) is 36.4 Å². The van der Waals surface area contributed by atoms with Gasteiger partial charge in [-0.3, -0.25) is 9.78 Å². The first-order valence-electron chi connectivity index (χ1n) is 12.0. The zero-order valence-corrected chi connectivity index (χ0v) is 20.2. The molecule has 8 heteroatoms. The maximum absolute atomic E-state index is 13.6. The minimum absolute atomic E-state index is 0.295. The molecule has 0 radical (unpaired) electrons. The zero-order chi connectivity index (χ0) is 26.0. The van der Waals surface area contributed by atoms with Crippen LogP contribution in [0.2, 0.25) is 0 Å². The van der Waals surface area contributed by atoms with E-state index in [0.717, 1.165) is 16.8 Å². The number of rotatable bonds is 10. The smallest absolute Gasteiger partial charge is 0.255 e. The number of pyridine rings is 2. The van der Waals surface area contributed by atoms with Gasteiger partial charge in [0.15, 0.2) is 0 Å². The summed E-state index contributed by atoms with van der Waals surface area (Å²) in [6, 6.07) is 22.9. The number of halogens is 1. The van der Waals surface area contributed by atoms with Crippen LogP contribution in [0.4, 0.5) is 10.2 Å². The molecule has 2 heterocycles. The third-order valence-corrected chi connectivity index (χ3v) is 5.86. The van der Waals surface area contributed by atoms with Crippen LogP contribution in [0, 0.1) is 17.1 Å². The lowest BCUT2D eigenvalue weighted by molar-refractivity contribution is 0.0951. The summed E-state index contributed by atoms with van der Waals surface area (Å²) in [5.41, 5.74) is 10.4. The van der Waals surface area contributed by atoms with Crippen molar-refractivity contribution in [2.75, 3.05) is 18.4 Å². The van der Waals surface area contributed by atoms with E-state index in [-0.39, 0.29) is 11.7 Å². The second-order valence-electron chi connectivity index (χ2n) is 8.39. The molecule has 2 aromatic heterocycles. The summed E-state index contributed by atoms with van der Waals surface area (Å²) in [6.07, 6.45) is 2.86. The van der Waals surface area contributed by atoms with E-state index in [1.807, 2.05) is 30.3 Å². The van der Waals surface area contributed by atoms with Crippen molar-refractivity contribution >= 4 is 11.7 Å². The lowest BCUT2D eigenvalue weighted by Gasteiger charge is -2.14. The van der Waals surface area contributed by atoms with Gasteiger partial charge in [-0.15, -0.1) is 0 Å². The highest BCUT2D eigenvalue weighted by Gasteiger charge is 2.16. The predicted molar refractivity (Wildman–Crippen MR) is 141 cm³/mol. The van der Waals surface area contributed by atoms with Gasteiger partial charge < -0.3 is 16.4 Å². The van der Waals surface area contributed by atoms with Gasteiger partial charge in [0.05, 0.1) is 22.9 Å². The van der Waals surface area contributed by atoms with Crippen LogP contribution in [0.1, 0.15) is 32.7 Å².